The molecular weight excluding hydrogens is 496 g/mol. The van der Waals surface area contributed by atoms with Crippen LogP contribution in [0.4, 0.5) is 5.69 Å². The van der Waals surface area contributed by atoms with Crippen LogP contribution in [-0.4, -0.2) is 24.6 Å². The van der Waals surface area contributed by atoms with Gasteiger partial charge in [0.2, 0.25) is 0 Å². The zero-order valence-corrected chi connectivity index (χ0v) is 19.3. The third-order valence-electron chi connectivity index (χ3n) is 4.00. The molecule has 0 heterocycles. The average Bonchev–Trinajstić information content (AvgIpc) is 2.76. The number of hydrogen-bond donors (Lipinski definition) is 2. The Morgan fingerprint density at radius 1 is 0.875 bits per heavy atom. The van der Waals surface area contributed by atoms with Crippen LogP contribution in [0.1, 0.15) is 15.9 Å². The monoisotopic (exact) mass is 509 g/mol. The first kappa shape index (κ1) is 23.9. The lowest BCUT2D eigenvalue weighted by atomic mass is 10.2. The predicted molar refractivity (Wildman–Crippen MR) is 129 cm³/mol. The van der Waals surface area contributed by atoms with Crippen molar-refractivity contribution in [3.8, 4) is 5.75 Å². The molecule has 0 spiro atoms. The lowest BCUT2D eigenvalue weighted by molar-refractivity contribution is -0.118. The van der Waals surface area contributed by atoms with Crippen LogP contribution in [0.25, 0.3) is 0 Å². The lowest BCUT2D eigenvalue weighted by Crippen LogP contribution is -2.20. The van der Waals surface area contributed by atoms with E-state index in [0.29, 0.717) is 37.6 Å². The van der Waals surface area contributed by atoms with Crippen LogP contribution in [0.3, 0.4) is 0 Å². The molecule has 0 aliphatic heterocycles. The van der Waals surface area contributed by atoms with Gasteiger partial charge in [-0.2, -0.15) is 5.10 Å². The van der Waals surface area contributed by atoms with E-state index in [0.717, 1.165) is 0 Å². The summed E-state index contributed by atoms with van der Waals surface area (Å²) >= 11 is 23.8. The van der Waals surface area contributed by atoms with Crippen molar-refractivity contribution >= 4 is 70.1 Å². The number of anilines is 1. The van der Waals surface area contributed by atoms with Crippen molar-refractivity contribution in [3.05, 3.63) is 91.9 Å². The number of carbonyl (C=O) groups excluding carboxylic acids is 2. The largest absolute Gasteiger partial charge is 0.482 e. The molecule has 0 aliphatic carbocycles. The summed E-state index contributed by atoms with van der Waals surface area (Å²) in [5.74, 6) is -0.453. The van der Waals surface area contributed by atoms with Gasteiger partial charge in [-0.15, -0.1) is 0 Å². The van der Waals surface area contributed by atoms with E-state index in [2.05, 4.69) is 15.8 Å². The molecule has 0 saturated carbocycles. The molecule has 0 fully saturated rings. The van der Waals surface area contributed by atoms with E-state index in [1.807, 2.05) is 0 Å². The van der Waals surface area contributed by atoms with Gasteiger partial charge in [0, 0.05) is 16.3 Å². The van der Waals surface area contributed by atoms with Gasteiger partial charge in [0.25, 0.3) is 11.8 Å². The molecule has 3 aromatic rings. The van der Waals surface area contributed by atoms with Crippen molar-refractivity contribution in [3.63, 3.8) is 0 Å². The topological polar surface area (TPSA) is 79.8 Å². The van der Waals surface area contributed by atoms with Crippen LogP contribution < -0.4 is 15.5 Å². The Hall–Kier alpha value is -2.77. The second-order valence-electron chi connectivity index (χ2n) is 6.36. The van der Waals surface area contributed by atoms with E-state index >= 15 is 0 Å². The third-order valence-corrected chi connectivity index (χ3v) is 5.29. The molecule has 0 unspecified atom stereocenters. The van der Waals surface area contributed by atoms with E-state index in [1.54, 1.807) is 54.6 Å². The second kappa shape index (κ2) is 11.2. The van der Waals surface area contributed by atoms with Gasteiger partial charge in [0.1, 0.15) is 5.75 Å². The smallest absolute Gasteiger partial charge is 0.271 e. The first-order valence-electron chi connectivity index (χ1n) is 9.08. The fourth-order valence-corrected chi connectivity index (χ4v) is 3.13. The van der Waals surface area contributed by atoms with Gasteiger partial charge in [0.05, 0.1) is 21.3 Å². The van der Waals surface area contributed by atoms with Gasteiger partial charge in [-0.05, 0) is 66.2 Å². The Labute approximate surface area is 204 Å². The van der Waals surface area contributed by atoms with Crippen LogP contribution in [-0.2, 0) is 4.79 Å². The van der Waals surface area contributed by atoms with E-state index in [9.17, 15) is 9.59 Å². The maximum atomic E-state index is 12.1. The van der Waals surface area contributed by atoms with Crippen molar-refractivity contribution in [2.24, 2.45) is 5.10 Å². The molecule has 0 bridgehead atoms. The quantitative estimate of drug-likeness (QED) is 0.298. The number of ether oxygens (including phenoxy) is 1. The molecule has 32 heavy (non-hydrogen) atoms. The molecule has 2 N–H and O–H groups in total. The zero-order valence-electron chi connectivity index (χ0n) is 16.2. The summed E-state index contributed by atoms with van der Waals surface area (Å²) in [4.78, 5) is 24.1. The molecule has 6 nitrogen and oxygen atoms in total. The molecule has 0 radical (unpaired) electrons. The SMILES string of the molecule is O=C(COc1ccc(/C=N/NC(=O)c2ccc(Cl)cc2)cc1Cl)Nc1ccc(Cl)c(Cl)c1. The van der Waals surface area contributed by atoms with Gasteiger partial charge in [-0.1, -0.05) is 46.4 Å². The summed E-state index contributed by atoms with van der Waals surface area (Å²) in [6.45, 7) is -0.259. The standard InChI is InChI=1S/C22H15Cl4N3O3/c23-15-4-2-14(3-5-15)22(31)29-27-11-13-1-8-20(19(26)9-13)32-12-21(30)28-16-6-7-17(24)18(25)10-16/h1-11H,12H2,(H,28,30)(H,29,31)/b27-11+. The van der Waals surface area contributed by atoms with Gasteiger partial charge in [-0.25, -0.2) is 5.43 Å². The summed E-state index contributed by atoms with van der Waals surface area (Å²) in [5, 5.41) is 8.08. The first-order valence-corrected chi connectivity index (χ1v) is 10.6. The van der Waals surface area contributed by atoms with Crippen LogP contribution in [0.15, 0.2) is 65.8 Å². The van der Waals surface area contributed by atoms with Crippen molar-refractivity contribution in [1.82, 2.24) is 5.43 Å². The van der Waals surface area contributed by atoms with Gasteiger partial charge >= 0.3 is 0 Å². The van der Waals surface area contributed by atoms with Gasteiger partial charge in [0.15, 0.2) is 6.61 Å². The fraction of sp³-hybridized carbons (Fsp3) is 0.0455. The summed E-state index contributed by atoms with van der Waals surface area (Å²) in [7, 11) is 0. The average molecular weight is 511 g/mol. The minimum Gasteiger partial charge on any atom is -0.482 e. The molecule has 0 atom stereocenters. The van der Waals surface area contributed by atoms with Crippen LogP contribution in [0, 0.1) is 0 Å². The Morgan fingerprint density at radius 2 is 1.62 bits per heavy atom. The van der Waals surface area contributed by atoms with Gasteiger partial charge < -0.3 is 10.1 Å². The highest BCUT2D eigenvalue weighted by Gasteiger charge is 2.09. The summed E-state index contributed by atoms with van der Waals surface area (Å²) < 4.78 is 5.46. The molecule has 0 aliphatic rings. The molecule has 10 heteroatoms. The number of nitrogens with one attached hydrogen (secondary N) is 2. The van der Waals surface area contributed by atoms with Crippen LogP contribution in [0.2, 0.25) is 20.1 Å². The second-order valence-corrected chi connectivity index (χ2v) is 8.02. The Kier molecular flexibility index (Phi) is 8.36. The molecule has 3 rings (SSSR count). The molecule has 2 amide bonds. The Bertz CT molecular complexity index is 1170. The third kappa shape index (κ3) is 6.87. The highest BCUT2D eigenvalue weighted by Crippen LogP contribution is 2.26. The highest BCUT2D eigenvalue weighted by atomic mass is 35.5. The molecule has 164 valence electrons. The number of amides is 2. The first-order chi connectivity index (χ1) is 15.3. The van der Waals surface area contributed by atoms with Crippen molar-refractivity contribution in [1.29, 1.82) is 0 Å². The summed E-state index contributed by atoms with van der Waals surface area (Å²) in [6.07, 6.45) is 1.43. The van der Waals surface area contributed by atoms with Crippen LogP contribution in [0.5, 0.6) is 5.75 Å². The highest BCUT2D eigenvalue weighted by molar-refractivity contribution is 6.42. The summed E-state index contributed by atoms with van der Waals surface area (Å²) in [5.41, 5.74) is 3.95. The number of rotatable bonds is 7. The Morgan fingerprint density at radius 3 is 2.31 bits per heavy atom. The zero-order chi connectivity index (χ0) is 23.1. The van der Waals surface area contributed by atoms with E-state index < -0.39 is 5.91 Å². The molecule has 0 saturated heterocycles. The van der Waals surface area contributed by atoms with Crippen LogP contribution >= 0.6 is 46.4 Å². The number of carbonyl (C=O) groups is 2. The number of nitrogens with zero attached hydrogens (tertiary/aromatic N) is 1. The summed E-state index contributed by atoms with van der Waals surface area (Å²) in [6, 6.07) is 16.0. The predicted octanol–water partition coefficient (Wildman–Crippen LogP) is 6.08. The lowest BCUT2D eigenvalue weighted by Gasteiger charge is -2.10. The van der Waals surface area contributed by atoms with Gasteiger partial charge in [-0.3, -0.25) is 9.59 Å². The minimum absolute atomic E-state index is 0.259. The van der Waals surface area contributed by atoms with Crippen molar-refractivity contribution < 1.29 is 14.3 Å². The number of halogens is 4. The maximum absolute atomic E-state index is 12.1. The van der Waals surface area contributed by atoms with Crippen molar-refractivity contribution in [2.75, 3.05) is 11.9 Å². The van der Waals surface area contributed by atoms with E-state index in [1.165, 1.54) is 12.3 Å². The molecule has 0 aromatic heterocycles. The normalized spacial score (nSPS) is 10.8. The molecular formula is C22H15Cl4N3O3. The minimum atomic E-state index is -0.394. The Balaban J connectivity index is 1.52. The fourth-order valence-electron chi connectivity index (χ4n) is 2.46. The van der Waals surface area contributed by atoms with E-state index in [-0.39, 0.29) is 17.5 Å². The van der Waals surface area contributed by atoms with Crippen molar-refractivity contribution in [2.45, 2.75) is 0 Å². The maximum Gasteiger partial charge on any atom is 0.271 e. The van der Waals surface area contributed by atoms with E-state index in [4.69, 9.17) is 51.1 Å². The number of hydrazone groups is 1. The molecule has 3 aromatic carbocycles. The number of benzene rings is 3. The number of hydrogen-bond acceptors (Lipinski definition) is 4.